The molecule has 3 amide bonds. The van der Waals surface area contributed by atoms with Gasteiger partial charge in [-0.2, -0.15) is 0 Å². The van der Waals surface area contributed by atoms with Gasteiger partial charge < -0.3 is 33.7 Å². The van der Waals surface area contributed by atoms with E-state index in [2.05, 4.69) is 10.3 Å². The summed E-state index contributed by atoms with van der Waals surface area (Å²) in [6.45, 7) is 5.25. The summed E-state index contributed by atoms with van der Waals surface area (Å²) in [7, 11) is 1.58. The molecule has 0 aliphatic carbocycles. The van der Waals surface area contributed by atoms with Gasteiger partial charge in [0.1, 0.15) is 28.6 Å². The molecule has 2 atom stereocenters. The van der Waals surface area contributed by atoms with Gasteiger partial charge in [0.15, 0.2) is 0 Å². The molecule has 1 N–H and O–H groups in total. The van der Waals surface area contributed by atoms with Gasteiger partial charge in [-0.25, -0.2) is 4.98 Å². The van der Waals surface area contributed by atoms with E-state index in [1.54, 1.807) is 59.1 Å². The van der Waals surface area contributed by atoms with Gasteiger partial charge in [0.05, 0.1) is 36.9 Å². The van der Waals surface area contributed by atoms with Crippen molar-refractivity contribution >= 4 is 35.0 Å². The van der Waals surface area contributed by atoms with E-state index >= 15 is 0 Å². The van der Waals surface area contributed by atoms with Crippen LogP contribution in [-0.2, 0) is 16.1 Å². The van der Waals surface area contributed by atoms with Crippen molar-refractivity contribution in [3.63, 3.8) is 0 Å². The summed E-state index contributed by atoms with van der Waals surface area (Å²) in [6, 6.07) is 15.6. The fourth-order valence-corrected chi connectivity index (χ4v) is 5.73. The SMILES string of the molecule is CC(C)COc1cc2cc(c1)C(=O)N(C)CC(=O)N[C@H]1CCN(C(=O)c3cn4cc(Cl)ccc4n3)C[C@@H]1OCc1cccc(c1)O2. The van der Waals surface area contributed by atoms with E-state index in [1.165, 1.54) is 4.90 Å². The number of nitrogens with one attached hydrogen (secondary N) is 1. The van der Waals surface area contributed by atoms with Gasteiger partial charge in [0.25, 0.3) is 11.8 Å². The van der Waals surface area contributed by atoms with E-state index < -0.39 is 6.10 Å². The first kappa shape index (κ1) is 31.4. The molecule has 2 aromatic heterocycles. The van der Waals surface area contributed by atoms with Crippen molar-refractivity contribution in [2.75, 3.05) is 33.3 Å². The number of halogens is 1. The Hall–Kier alpha value is -4.61. The molecular weight excluding hydrogens is 610 g/mol. The maximum atomic E-state index is 13.5. The first-order valence-corrected chi connectivity index (χ1v) is 15.6. The Bertz CT molecular complexity index is 1770. The van der Waals surface area contributed by atoms with Crippen molar-refractivity contribution < 1.29 is 28.6 Å². The van der Waals surface area contributed by atoms with Crippen molar-refractivity contribution in [1.82, 2.24) is 24.5 Å². The van der Waals surface area contributed by atoms with Crippen molar-refractivity contribution in [1.29, 1.82) is 0 Å². The number of hydrogen-bond acceptors (Lipinski definition) is 7. The smallest absolute Gasteiger partial charge is 0.274 e. The first-order valence-electron chi connectivity index (χ1n) is 15.3. The third-order valence-corrected chi connectivity index (χ3v) is 8.09. The Labute approximate surface area is 272 Å². The quantitative estimate of drug-likeness (QED) is 0.339. The summed E-state index contributed by atoms with van der Waals surface area (Å²) in [5.74, 6) is 0.879. The third-order valence-electron chi connectivity index (χ3n) is 7.86. The minimum atomic E-state index is -0.514. The van der Waals surface area contributed by atoms with E-state index in [-0.39, 0.29) is 49.4 Å². The van der Waals surface area contributed by atoms with Crippen LogP contribution in [0.2, 0.25) is 5.02 Å². The number of carbonyl (C=O) groups is 3. The normalized spacial score (nSPS) is 19.1. The van der Waals surface area contributed by atoms with Gasteiger partial charge >= 0.3 is 0 Å². The summed E-state index contributed by atoms with van der Waals surface area (Å²) < 4.78 is 20.2. The molecule has 240 valence electrons. The molecule has 1 fully saturated rings. The number of benzene rings is 2. The predicted octanol–water partition coefficient (Wildman–Crippen LogP) is 4.82. The molecule has 11 nitrogen and oxygen atoms in total. The number of likely N-dealkylation sites (N-methyl/N-ethyl adjacent to an activating group) is 1. The van der Waals surface area contributed by atoms with Crippen LogP contribution < -0.4 is 14.8 Å². The predicted molar refractivity (Wildman–Crippen MR) is 171 cm³/mol. The molecule has 12 heteroatoms. The molecule has 4 heterocycles. The summed E-state index contributed by atoms with van der Waals surface area (Å²) in [5.41, 5.74) is 2.10. The highest BCUT2D eigenvalue weighted by atomic mass is 35.5. The molecule has 2 aliphatic heterocycles. The molecule has 1 saturated heterocycles. The molecule has 4 bridgehead atoms. The number of carbonyl (C=O) groups excluding carboxylic acids is 3. The summed E-state index contributed by atoms with van der Waals surface area (Å²) in [4.78, 5) is 47.8. The Balaban J connectivity index is 1.25. The number of nitrogens with zero attached hydrogens (tertiary/aromatic N) is 4. The van der Waals surface area contributed by atoms with Gasteiger partial charge in [-0.15, -0.1) is 0 Å². The average Bonchev–Trinajstić information content (AvgIpc) is 3.45. The van der Waals surface area contributed by atoms with Gasteiger partial charge in [-0.05, 0) is 54.3 Å². The number of likely N-dealkylation sites (tertiary alicyclic amines) is 1. The molecule has 46 heavy (non-hydrogen) atoms. The van der Waals surface area contributed by atoms with Crippen LogP contribution in [0.1, 0.15) is 46.7 Å². The molecule has 0 saturated carbocycles. The van der Waals surface area contributed by atoms with Gasteiger partial charge in [0, 0.05) is 44.2 Å². The van der Waals surface area contributed by atoms with Crippen molar-refractivity contribution in [3.05, 3.63) is 88.8 Å². The maximum absolute atomic E-state index is 13.5. The zero-order chi connectivity index (χ0) is 32.4. The fourth-order valence-electron chi connectivity index (χ4n) is 5.56. The largest absolute Gasteiger partial charge is 0.493 e. The molecule has 2 aromatic carbocycles. The lowest BCUT2D eigenvalue weighted by Gasteiger charge is -2.38. The van der Waals surface area contributed by atoms with E-state index in [1.807, 2.05) is 38.1 Å². The Morgan fingerprint density at radius 3 is 2.78 bits per heavy atom. The van der Waals surface area contributed by atoms with E-state index in [0.717, 1.165) is 5.56 Å². The maximum Gasteiger partial charge on any atom is 0.274 e. The molecule has 0 radical (unpaired) electrons. The van der Waals surface area contributed by atoms with Crippen LogP contribution >= 0.6 is 11.6 Å². The summed E-state index contributed by atoms with van der Waals surface area (Å²) in [5, 5.41) is 3.59. The van der Waals surface area contributed by atoms with Crippen LogP contribution in [-0.4, -0.2) is 82.3 Å². The highest BCUT2D eigenvalue weighted by Crippen LogP contribution is 2.30. The highest BCUT2D eigenvalue weighted by molar-refractivity contribution is 6.30. The fraction of sp³-hybridized carbons (Fsp3) is 0.353. The number of hydrogen-bond donors (Lipinski definition) is 1. The molecular formula is C34H36ClN5O6. The molecule has 2 aliphatic rings. The Morgan fingerprint density at radius 1 is 1.11 bits per heavy atom. The van der Waals surface area contributed by atoms with E-state index in [0.29, 0.717) is 58.7 Å². The van der Waals surface area contributed by atoms with Crippen molar-refractivity contribution in [3.8, 4) is 17.2 Å². The molecule has 6 rings (SSSR count). The topological polar surface area (TPSA) is 115 Å². The average molecular weight is 646 g/mol. The van der Waals surface area contributed by atoms with Crippen molar-refractivity contribution in [2.24, 2.45) is 5.92 Å². The lowest BCUT2D eigenvalue weighted by molar-refractivity contribution is -0.124. The molecule has 0 unspecified atom stereocenters. The number of imidazole rings is 1. The number of piperidine rings is 1. The second-order valence-corrected chi connectivity index (χ2v) is 12.5. The lowest BCUT2D eigenvalue weighted by Crippen LogP contribution is -2.57. The number of rotatable bonds is 4. The van der Waals surface area contributed by atoms with Gasteiger partial charge in [0.2, 0.25) is 5.91 Å². The first-order chi connectivity index (χ1) is 22.1. The summed E-state index contributed by atoms with van der Waals surface area (Å²) in [6.07, 6.45) is 3.30. The molecule has 0 spiro atoms. The van der Waals surface area contributed by atoms with Crippen molar-refractivity contribution in [2.45, 2.75) is 39.0 Å². The second-order valence-electron chi connectivity index (χ2n) is 12.1. The van der Waals surface area contributed by atoms with E-state index in [9.17, 15) is 14.4 Å². The van der Waals surface area contributed by atoms with Gasteiger partial charge in [-0.1, -0.05) is 37.6 Å². The Morgan fingerprint density at radius 2 is 1.96 bits per heavy atom. The van der Waals surface area contributed by atoms with Crippen LogP contribution in [0.4, 0.5) is 0 Å². The van der Waals surface area contributed by atoms with Crippen LogP contribution in [0.25, 0.3) is 5.65 Å². The van der Waals surface area contributed by atoms with E-state index in [4.69, 9.17) is 25.8 Å². The van der Waals surface area contributed by atoms with Gasteiger partial charge in [-0.3, -0.25) is 14.4 Å². The number of ether oxygens (including phenoxy) is 3. The number of pyridine rings is 1. The van der Waals surface area contributed by atoms with Crippen LogP contribution in [0.5, 0.6) is 17.2 Å². The number of aromatic nitrogens is 2. The highest BCUT2D eigenvalue weighted by Gasteiger charge is 2.35. The minimum absolute atomic E-state index is 0.166. The zero-order valence-corrected chi connectivity index (χ0v) is 26.7. The zero-order valence-electron chi connectivity index (χ0n) is 25.9. The molecule has 4 aromatic rings. The van der Waals surface area contributed by atoms with Crippen LogP contribution in [0.3, 0.4) is 0 Å². The van der Waals surface area contributed by atoms with Crippen LogP contribution in [0.15, 0.2) is 67.0 Å². The second kappa shape index (κ2) is 13.4. The monoisotopic (exact) mass is 645 g/mol. The number of fused-ring (bicyclic) bond motifs is 6. The number of amides is 3. The summed E-state index contributed by atoms with van der Waals surface area (Å²) >= 11 is 6.11. The lowest BCUT2D eigenvalue weighted by atomic mass is 10.0. The minimum Gasteiger partial charge on any atom is -0.493 e. The standard InChI is InChI=1S/C34H36ClN5O6/c1-21(2)19-44-26-12-23-13-27(14-26)46-25-6-4-5-22(11-25)20-45-30-17-39(10-9-28(30)37-32(41)18-38(3)33(23)42)34(43)29-16-40-15-24(35)7-8-31(40)36-29/h4-8,11-16,21,28,30H,9-10,17-20H2,1-3H3,(H,37,41)/t28-,30-/m0/s1. The van der Waals surface area contributed by atoms with Crippen LogP contribution in [0, 0.1) is 5.92 Å². The Kier molecular flexibility index (Phi) is 9.14. The third kappa shape index (κ3) is 7.27.